The molecule has 0 radical (unpaired) electrons. The first-order chi connectivity index (χ1) is 13.1. The van der Waals surface area contributed by atoms with Gasteiger partial charge in [0.25, 0.3) is 0 Å². The summed E-state index contributed by atoms with van der Waals surface area (Å²) in [5.41, 5.74) is 3.53. The van der Waals surface area contributed by atoms with Crippen LogP contribution in [0.5, 0.6) is 0 Å². The smallest absolute Gasteiger partial charge is 0.318 e. The summed E-state index contributed by atoms with van der Waals surface area (Å²) in [6, 6.07) is 8.73. The minimum Gasteiger partial charge on any atom is -0.331 e. The van der Waals surface area contributed by atoms with Gasteiger partial charge in [-0.3, -0.25) is 4.68 Å². The van der Waals surface area contributed by atoms with Crippen LogP contribution >= 0.6 is 0 Å². The van der Waals surface area contributed by atoms with E-state index in [1.54, 1.807) is 4.68 Å². The van der Waals surface area contributed by atoms with E-state index in [1.807, 2.05) is 19.4 Å². The van der Waals surface area contributed by atoms with E-state index in [2.05, 4.69) is 53.4 Å². The minimum absolute atomic E-state index is 0.00541. The summed E-state index contributed by atoms with van der Waals surface area (Å²) in [5, 5.41) is 7.53. The maximum Gasteiger partial charge on any atom is 0.318 e. The summed E-state index contributed by atoms with van der Waals surface area (Å²) >= 11 is 0. The fourth-order valence-corrected chi connectivity index (χ4v) is 4.00. The van der Waals surface area contributed by atoms with Gasteiger partial charge < -0.3 is 10.2 Å². The third kappa shape index (κ3) is 4.90. The second-order valence-corrected chi connectivity index (χ2v) is 7.70. The van der Waals surface area contributed by atoms with Gasteiger partial charge in [0.1, 0.15) is 0 Å². The van der Waals surface area contributed by atoms with Crippen LogP contribution < -0.4 is 5.32 Å². The predicted molar refractivity (Wildman–Crippen MR) is 108 cm³/mol. The minimum atomic E-state index is -0.00541. The Morgan fingerprint density at radius 2 is 2.04 bits per heavy atom. The van der Waals surface area contributed by atoms with Crippen molar-refractivity contribution in [2.45, 2.75) is 71.0 Å². The van der Waals surface area contributed by atoms with Gasteiger partial charge in [-0.05, 0) is 37.3 Å². The Hall–Kier alpha value is -2.30. The molecule has 27 heavy (non-hydrogen) atoms. The lowest BCUT2D eigenvalue weighted by Gasteiger charge is -2.36. The van der Waals surface area contributed by atoms with Gasteiger partial charge in [-0.1, -0.05) is 50.5 Å². The van der Waals surface area contributed by atoms with Crippen molar-refractivity contribution >= 4 is 6.03 Å². The molecule has 0 bridgehead atoms. The molecule has 1 aromatic carbocycles. The number of hydrogen-bond donors (Lipinski definition) is 1. The molecule has 1 N–H and O–H groups in total. The number of rotatable bonds is 6. The highest BCUT2D eigenvalue weighted by Gasteiger charge is 2.27. The van der Waals surface area contributed by atoms with Crippen LogP contribution in [0.4, 0.5) is 4.79 Å². The zero-order valence-corrected chi connectivity index (χ0v) is 16.8. The van der Waals surface area contributed by atoms with Crippen LogP contribution in [0.1, 0.15) is 68.2 Å². The number of carbonyl (C=O) groups excluding carboxylic acids is 1. The molecule has 3 rings (SSSR count). The summed E-state index contributed by atoms with van der Waals surface area (Å²) in [7, 11) is 1.91. The standard InChI is InChI=1S/C22H32N4O/c1-4-21(19-14-23-25(3)15-19)24-22(27)26(20-12-6-5-7-13-20)16-18-11-9-8-10-17(18)2/h8-11,14-15,20-21H,4-7,12-13,16H2,1-3H3,(H,24,27)/t21-/m0/s1. The summed E-state index contributed by atoms with van der Waals surface area (Å²) in [5.74, 6) is 0. The molecule has 1 fully saturated rings. The van der Waals surface area contributed by atoms with Crippen LogP contribution in [-0.4, -0.2) is 26.8 Å². The summed E-state index contributed by atoms with van der Waals surface area (Å²) in [6.45, 7) is 4.90. The molecule has 0 spiro atoms. The molecular weight excluding hydrogens is 336 g/mol. The highest BCUT2D eigenvalue weighted by atomic mass is 16.2. The van der Waals surface area contributed by atoms with E-state index in [9.17, 15) is 4.79 Å². The second-order valence-electron chi connectivity index (χ2n) is 7.70. The molecule has 1 heterocycles. The Morgan fingerprint density at radius 1 is 1.30 bits per heavy atom. The second kappa shape index (κ2) is 9.07. The fourth-order valence-electron chi connectivity index (χ4n) is 4.00. The van der Waals surface area contributed by atoms with Crippen molar-refractivity contribution in [3.05, 3.63) is 53.3 Å². The molecule has 1 aliphatic carbocycles. The molecule has 0 aliphatic heterocycles. The number of aromatic nitrogens is 2. The topological polar surface area (TPSA) is 50.2 Å². The Labute approximate surface area is 162 Å². The molecule has 0 unspecified atom stereocenters. The SMILES string of the molecule is CC[C@H](NC(=O)N(Cc1ccccc1C)C1CCCCC1)c1cnn(C)c1. The third-order valence-corrected chi connectivity index (χ3v) is 5.71. The Bertz CT molecular complexity index is 748. The number of carbonyl (C=O) groups is 1. The quantitative estimate of drug-likeness (QED) is 0.802. The van der Waals surface area contributed by atoms with Crippen LogP contribution in [0.25, 0.3) is 0 Å². The highest BCUT2D eigenvalue weighted by molar-refractivity contribution is 5.75. The van der Waals surface area contributed by atoms with Crippen molar-refractivity contribution in [3.63, 3.8) is 0 Å². The summed E-state index contributed by atoms with van der Waals surface area (Å²) in [4.78, 5) is 15.4. The van der Waals surface area contributed by atoms with Crippen molar-refractivity contribution in [1.82, 2.24) is 20.0 Å². The fraction of sp³-hybridized carbons (Fsp3) is 0.545. The van der Waals surface area contributed by atoms with E-state index < -0.39 is 0 Å². The molecule has 5 heteroatoms. The van der Waals surface area contributed by atoms with Gasteiger partial charge in [0.05, 0.1) is 12.2 Å². The Kier molecular flexibility index (Phi) is 6.54. The molecule has 146 valence electrons. The number of benzene rings is 1. The van der Waals surface area contributed by atoms with Gasteiger partial charge in [-0.25, -0.2) is 4.79 Å². The Morgan fingerprint density at radius 3 is 2.67 bits per heavy atom. The number of urea groups is 1. The first-order valence-electron chi connectivity index (χ1n) is 10.2. The number of nitrogens with one attached hydrogen (secondary N) is 1. The molecule has 1 aromatic heterocycles. The zero-order chi connectivity index (χ0) is 19.2. The van der Waals surface area contributed by atoms with Crippen LogP contribution in [0.3, 0.4) is 0 Å². The first-order valence-corrected chi connectivity index (χ1v) is 10.2. The normalized spacial score (nSPS) is 16.1. The van der Waals surface area contributed by atoms with Gasteiger partial charge in [-0.15, -0.1) is 0 Å². The van der Waals surface area contributed by atoms with Crippen molar-refractivity contribution in [3.8, 4) is 0 Å². The van der Waals surface area contributed by atoms with Gasteiger partial charge in [0, 0.05) is 31.4 Å². The van der Waals surface area contributed by atoms with E-state index in [0.29, 0.717) is 12.6 Å². The van der Waals surface area contributed by atoms with Crippen molar-refractivity contribution in [2.24, 2.45) is 7.05 Å². The van der Waals surface area contributed by atoms with Crippen molar-refractivity contribution in [1.29, 1.82) is 0 Å². The molecule has 1 aliphatic rings. The number of nitrogens with zero attached hydrogens (tertiary/aromatic N) is 3. The van der Waals surface area contributed by atoms with Gasteiger partial charge >= 0.3 is 6.03 Å². The molecule has 2 amide bonds. The lowest BCUT2D eigenvalue weighted by molar-refractivity contribution is 0.147. The van der Waals surface area contributed by atoms with Crippen molar-refractivity contribution in [2.75, 3.05) is 0 Å². The molecule has 0 saturated heterocycles. The summed E-state index contributed by atoms with van der Waals surface area (Å²) < 4.78 is 1.79. The average molecular weight is 369 g/mol. The maximum atomic E-state index is 13.3. The van der Waals surface area contributed by atoms with E-state index in [4.69, 9.17) is 0 Å². The maximum absolute atomic E-state index is 13.3. The highest BCUT2D eigenvalue weighted by Crippen LogP contribution is 2.26. The van der Waals surface area contributed by atoms with Crippen LogP contribution in [0.2, 0.25) is 0 Å². The molecule has 2 aromatic rings. The first kappa shape index (κ1) is 19.5. The van der Waals surface area contributed by atoms with Crippen LogP contribution in [-0.2, 0) is 13.6 Å². The largest absolute Gasteiger partial charge is 0.331 e. The predicted octanol–water partition coefficient (Wildman–Crippen LogP) is 4.72. The number of amides is 2. The van der Waals surface area contributed by atoms with E-state index in [1.165, 1.54) is 30.4 Å². The average Bonchev–Trinajstić information content (AvgIpc) is 3.12. The number of hydrogen-bond acceptors (Lipinski definition) is 2. The van der Waals surface area contributed by atoms with Gasteiger partial charge in [-0.2, -0.15) is 5.10 Å². The molecular formula is C22H32N4O. The van der Waals surface area contributed by atoms with Crippen LogP contribution in [0.15, 0.2) is 36.7 Å². The van der Waals surface area contributed by atoms with Gasteiger partial charge in [0.2, 0.25) is 0 Å². The Balaban J connectivity index is 1.78. The third-order valence-electron chi connectivity index (χ3n) is 5.71. The van der Waals surface area contributed by atoms with Gasteiger partial charge in [0.15, 0.2) is 0 Å². The molecule has 1 atom stereocenters. The molecule has 1 saturated carbocycles. The monoisotopic (exact) mass is 368 g/mol. The molecule has 5 nitrogen and oxygen atoms in total. The number of aryl methyl sites for hydroxylation is 2. The van der Waals surface area contributed by atoms with E-state index >= 15 is 0 Å². The van der Waals surface area contributed by atoms with E-state index in [0.717, 1.165) is 24.8 Å². The lowest BCUT2D eigenvalue weighted by Crippen LogP contribution is -2.47. The van der Waals surface area contributed by atoms with Crippen LogP contribution in [0, 0.1) is 6.92 Å². The van der Waals surface area contributed by atoms with Crippen molar-refractivity contribution < 1.29 is 4.79 Å². The summed E-state index contributed by atoms with van der Waals surface area (Å²) in [6.07, 6.45) is 10.6. The lowest BCUT2D eigenvalue weighted by atomic mass is 9.93. The zero-order valence-electron chi connectivity index (χ0n) is 16.8. The van der Waals surface area contributed by atoms with E-state index in [-0.39, 0.29) is 12.1 Å².